The van der Waals surface area contributed by atoms with Gasteiger partial charge in [0.2, 0.25) is 5.91 Å². The van der Waals surface area contributed by atoms with Crippen LogP contribution in [0.2, 0.25) is 0 Å². The number of amides is 2. The Balaban J connectivity index is 1.56. The molecule has 2 amide bonds. The van der Waals surface area contributed by atoms with Crippen LogP contribution < -0.4 is 9.47 Å². The molecule has 196 valence electrons. The number of fused-ring (bicyclic) bond motifs is 1. The lowest BCUT2D eigenvalue weighted by atomic mass is 9.98. The highest BCUT2D eigenvalue weighted by molar-refractivity contribution is 5.97. The molecular weight excluding hydrogens is 466 g/mol. The van der Waals surface area contributed by atoms with Crippen molar-refractivity contribution < 1.29 is 19.1 Å². The Morgan fingerprint density at radius 3 is 2.49 bits per heavy atom. The van der Waals surface area contributed by atoms with E-state index >= 15 is 0 Å². The predicted molar refractivity (Wildman–Crippen MR) is 144 cm³/mol. The average molecular weight is 504 g/mol. The summed E-state index contributed by atoms with van der Waals surface area (Å²) in [6.07, 6.45) is 4.09. The van der Waals surface area contributed by atoms with Crippen LogP contribution in [0.4, 0.5) is 0 Å². The summed E-state index contributed by atoms with van der Waals surface area (Å²) in [5.41, 5.74) is 2.50. The van der Waals surface area contributed by atoms with Crippen LogP contribution in [0.5, 0.6) is 11.5 Å². The first kappa shape index (κ1) is 26.3. The van der Waals surface area contributed by atoms with E-state index in [9.17, 15) is 9.59 Å². The number of rotatable bonds is 10. The second-order valence-electron chi connectivity index (χ2n) is 9.61. The molecule has 0 fully saturated rings. The number of hydrogen-bond acceptors (Lipinski definition) is 4. The van der Waals surface area contributed by atoms with E-state index in [4.69, 9.17) is 9.47 Å². The Morgan fingerprint density at radius 2 is 1.78 bits per heavy atom. The Hall–Kier alpha value is -3.74. The molecule has 1 unspecified atom stereocenters. The monoisotopic (exact) mass is 503 g/mol. The van der Waals surface area contributed by atoms with Crippen LogP contribution in [-0.4, -0.2) is 59.0 Å². The lowest BCUT2D eigenvalue weighted by molar-refractivity contribution is -0.135. The largest absolute Gasteiger partial charge is 0.496 e. The summed E-state index contributed by atoms with van der Waals surface area (Å²) in [4.78, 5) is 30.8. The van der Waals surface area contributed by atoms with Gasteiger partial charge in [0.25, 0.3) is 5.91 Å². The van der Waals surface area contributed by atoms with Gasteiger partial charge in [-0.05, 0) is 62.7 Å². The quantitative estimate of drug-likeness (QED) is 0.359. The summed E-state index contributed by atoms with van der Waals surface area (Å²) in [6.45, 7) is 7.90. The van der Waals surface area contributed by atoms with Crippen molar-refractivity contribution in [2.45, 2.75) is 52.2 Å². The van der Waals surface area contributed by atoms with Gasteiger partial charge in [0.15, 0.2) is 0 Å². The summed E-state index contributed by atoms with van der Waals surface area (Å²) in [7, 11) is 1.64. The Kier molecular flexibility index (Phi) is 8.54. The lowest BCUT2D eigenvalue weighted by Crippen LogP contribution is -2.49. The maximum Gasteiger partial charge on any atom is 0.254 e. The molecule has 0 N–H and O–H groups in total. The van der Waals surface area contributed by atoms with E-state index in [-0.39, 0.29) is 30.4 Å². The molecular formula is C30H37N3O4. The highest BCUT2D eigenvalue weighted by Crippen LogP contribution is 2.37. The highest BCUT2D eigenvalue weighted by Gasteiger charge is 2.35. The molecule has 1 aliphatic heterocycles. The minimum Gasteiger partial charge on any atom is -0.496 e. The fourth-order valence-electron chi connectivity index (χ4n) is 4.79. The molecule has 0 saturated heterocycles. The number of hydrogen-bond donors (Lipinski definition) is 0. The van der Waals surface area contributed by atoms with Crippen LogP contribution in [0.1, 0.15) is 61.3 Å². The van der Waals surface area contributed by atoms with E-state index in [1.54, 1.807) is 24.1 Å². The molecule has 1 aromatic heterocycles. The highest BCUT2D eigenvalue weighted by atomic mass is 16.5. The van der Waals surface area contributed by atoms with Crippen LogP contribution >= 0.6 is 0 Å². The van der Waals surface area contributed by atoms with Gasteiger partial charge in [-0.15, -0.1) is 0 Å². The van der Waals surface area contributed by atoms with Crippen molar-refractivity contribution in [3.8, 4) is 11.5 Å². The predicted octanol–water partition coefficient (Wildman–Crippen LogP) is 5.16. The second-order valence-corrected chi connectivity index (χ2v) is 9.61. The number of carbonyl (C=O) groups excluding carboxylic acids is 2. The summed E-state index contributed by atoms with van der Waals surface area (Å²) >= 11 is 0. The van der Waals surface area contributed by atoms with E-state index < -0.39 is 0 Å². The van der Waals surface area contributed by atoms with Gasteiger partial charge >= 0.3 is 0 Å². The van der Waals surface area contributed by atoms with E-state index in [0.29, 0.717) is 25.3 Å². The third-order valence-corrected chi connectivity index (χ3v) is 6.85. The van der Waals surface area contributed by atoms with Crippen LogP contribution in [0.15, 0.2) is 66.9 Å². The van der Waals surface area contributed by atoms with Crippen molar-refractivity contribution in [1.82, 2.24) is 14.4 Å². The van der Waals surface area contributed by atoms with Crippen molar-refractivity contribution in [3.63, 3.8) is 0 Å². The topological polar surface area (TPSA) is 64.0 Å². The van der Waals surface area contributed by atoms with Crippen LogP contribution in [0.25, 0.3) is 0 Å². The molecule has 0 spiro atoms. The van der Waals surface area contributed by atoms with E-state index in [0.717, 1.165) is 35.6 Å². The van der Waals surface area contributed by atoms with E-state index in [1.165, 1.54) is 0 Å². The average Bonchev–Trinajstić information content (AvgIpc) is 3.40. The SMILES string of the molecule is CCCCOc1ccc(C(=O)N(CC(=O)N2CCn3cccc3C2c2ccccc2OC)C(C)C)cc1. The Morgan fingerprint density at radius 1 is 1.03 bits per heavy atom. The maximum atomic E-state index is 13.8. The Bertz CT molecular complexity index is 1200. The molecule has 2 heterocycles. The van der Waals surface area contributed by atoms with Crippen molar-refractivity contribution in [2.24, 2.45) is 0 Å². The van der Waals surface area contributed by atoms with Gasteiger partial charge < -0.3 is 23.8 Å². The number of ether oxygens (including phenoxy) is 2. The lowest BCUT2D eigenvalue weighted by Gasteiger charge is -2.39. The zero-order chi connectivity index (χ0) is 26.4. The van der Waals surface area contributed by atoms with E-state index in [1.807, 2.05) is 73.5 Å². The van der Waals surface area contributed by atoms with Crippen LogP contribution in [-0.2, 0) is 11.3 Å². The number of aromatic nitrogens is 1. The molecule has 0 bridgehead atoms. The first-order valence-corrected chi connectivity index (χ1v) is 13.1. The first-order chi connectivity index (χ1) is 17.9. The van der Waals surface area contributed by atoms with Gasteiger partial charge in [-0.3, -0.25) is 9.59 Å². The number of benzene rings is 2. The molecule has 3 aromatic rings. The zero-order valence-electron chi connectivity index (χ0n) is 22.2. The van der Waals surface area contributed by atoms with Gasteiger partial charge in [-0.2, -0.15) is 0 Å². The van der Waals surface area contributed by atoms with Gasteiger partial charge in [-0.1, -0.05) is 31.5 Å². The van der Waals surface area contributed by atoms with Crippen molar-refractivity contribution >= 4 is 11.8 Å². The molecule has 7 nitrogen and oxygen atoms in total. The fourth-order valence-corrected chi connectivity index (χ4v) is 4.79. The molecule has 0 saturated carbocycles. The molecule has 7 heteroatoms. The maximum absolute atomic E-state index is 13.8. The molecule has 1 atom stereocenters. The van der Waals surface area contributed by atoms with Crippen molar-refractivity contribution in [2.75, 3.05) is 26.8 Å². The minimum atomic E-state index is -0.295. The summed E-state index contributed by atoms with van der Waals surface area (Å²) in [5.74, 6) is 1.22. The van der Waals surface area contributed by atoms with Gasteiger partial charge in [-0.25, -0.2) is 0 Å². The van der Waals surface area contributed by atoms with Gasteiger partial charge in [0, 0.05) is 42.1 Å². The molecule has 0 radical (unpaired) electrons. The number of para-hydroxylation sites is 1. The van der Waals surface area contributed by atoms with Crippen LogP contribution in [0.3, 0.4) is 0 Å². The summed E-state index contributed by atoms with van der Waals surface area (Å²) in [5, 5.41) is 0. The Labute approximate surface area is 219 Å². The second kappa shape index (κ2) is 12.0. The minimum absolute atomic E-state index is 0.00237. The number of methoxy groups -OCH3 is 1. The van der Waals surface area contributed by atoms with E-state index in [2.05, 4.69) is 11.5 Å². The molecule has 2 aromatic carbocycles. The van der Waals surface area contributed by atoms with Crippen LogP contribution in [0, 0.1) is 0 Å². The molecule has 0 aliphatic carbocycles. The van der Waals surface area contributed by atoms with Crippen molar-refractivity contribution in [3.05, 3.63) is 83.7 Å². The van der Waals surface area contributed by atoms with Gasteiger partial charge in [0.05, 0.1) is 13.7 Å². The zero-order valence-corrected chi connectivity index (χ0v) is 22.2. The summed E-state index contributed by atoms with van der Waals surface area (Å²) < 4.78 is 13.6. The first-order valence-electron chi connectivity index (χ1n) is 13.1. The van der Waals surface area contributed by atoms with Gasteiger partial charge in [0.1, 0.15) is 24.1 Å². The molecule has 1 aliphatic rings. The molecule has 4 rings (SSSR count). The number of unbranched alkanes of at least 4 members (excludes halogenated alkanes) is 1. The third kappa shape index (κ3) is 5.82. The number of nitrogens with zero attached hydrogens (tertiary/aromatic N) is 3. The van der Waals surface area contributed by atoms with Crippen molar-refractivity contribution in [1.29, 1.82) is 0 Å². The summed E-state index contributed by atoms with van der Waals surface area (Å²) in [6, 6.07) is 18.6. The standard InChI is InChI=1S/C30H37N3O4/c1-5-6-20-37-24-15-13-23(14-16-24)30(35)33(22(2)3)21-28(34)32-19-18-31-17-9-11-26(31)29(32)25-10-7-8-12-27(25)36-4/h7-17,22,29H,5-6,18-21H2,1-4H3. The number of carbonyl (C=O) groups is 2. The third-order valence-electron chi connectivity index (χ3n) is 6.85. The molecule has 37 heavy (non-hydrogen) atoms. The normalized spacial score (nSPS) is 14.8. The fraction of sp³-hybridized carbons (Fsp3) is 0.400. The smallest absolute Gasteiger partial charge is 0.254 e.